The van der Waals surface area contributed by atoms with Gasteiger partial charge in [0.25, 0.3) is 0 Å². The van der Waals surface area contributed by atoms with Crippen molar-refractivity contribution < 1.29 is 17.9 Å². The monoisotopic (exact) mass is 461 g/mol. The van der Waals surface area contributed by atoms with Gasteiger partial charge in [-0.25, -0.2) is 0 Å². The first kappa shape index (κ1) is 20.2. The number of alkyl halides is 3. The van der Waals surface area contributed by atoms with E-state index in [0.29, 0.717) is 17.5 Å². The number of hydrogen-bond donors (Lipinski definition) is 2. The summed E-state index contributed by atoms with van der Waals surface area (Å²) in [6, 6.07) is 5.36. The highest BCUT2D eigenvalue weighted by atomic mass is 127. The number of aliphatic imine (C=N–C) groups is 1. The topological polar surface area (TPSA) is 59.6 Å². The van der Waals surface area contributed by atoms with E-state index in [1.807, 2.05) is 11.8 Å². The van der Waals surface area contributed by atoms with Crippen molar-refractivity contribution in [3.8, 4) is 5.75 Å². The third-order valence-electron chi connectivity index (χ3n) is 3.10. The van der Waals surface area contributed by atoms with Gasteiger partial charge in [-0.05, 0) is 42.9 Å². The van der Waals surface area contributed by atoms with Gasteiger partial charge < -0.3 is 15.8 Å². The second kappa shape index (κ2) is 9.45. The zero-order valence-electron chi connectivity index (χ0n) is 12.3. The molecule has 130 valence electrons. The van der Waals surface area contributed by atoms with Crippen LogP contribution in [0.25, 0.3) is 0 Å². The first-order valence-electron chi connectivity index (χ1n) is 6.97. The van der Waals surface area contributed by atoms with Crippen LogP contribution in [0, 0.1) is 0 Å². The van der Waals surface area contributed by atoms with E-state index in [1.165, 1.54) is 37.1 Å². The van der Waals surface area contributed by atoms with Crippen molar-refractivity contribution in [1.82, 2.24) is 0 Å². The van der Waals surface area contributed by atoms with E-state index < -0.39 is 6.36 Å². The van der Waals surface area contributed by atoms with Crippen molar-refractivity contribution in [2.24, 2.45) is 10.7 Å². The average Bonchev–Trinajstić information content (AvgIpc) is 2.47. The van der Waals surface area contributed by atoms with Crippen LogP contribution in [0.3, 0.4) is 0 Å². The number of halogens is 4. The summed E-state index contributed by atoms with van der Waals surface area (Å²) in [5.74, 6) is 1.15. The Balaban J connectivity index is 0.00000264. The van der Waals surface area contributed by atoms with Crippen molar-refractivity contribution in [3.05, 3.63) is 24.3 Å². The van der Waals surface area contributed by atoms with Crippen molar-refractivity contribution in [1.29, 1.82) is 0 Å². The molecule has 2 rings (SSSR count). The maximum Gasteiger partial charge on any atom is 0.573 e. The lowest BCUT2D eigenvalue weighted by Gasteiger charge is -2.19. The van der Waals surface area contributed by atoms with Gasteiger partial charge in [0.05, 0.1) is 6.54 Å². The summed E-state index contributed by atoms with van der Waals surface area (Å²) in [4.78, 5) is 4.28. The minimum atomic E-state index is -4.69. The molecule has 1 aliphatic heterocycles. The highest BCUT2D eigenvalue weighted by molar-refractivity contribution is 14.0. The zero-order valence-corrected chi connectivity index (χ0v) is 15.5. The molecule has 1 heterocycles. The van der Waals surface area contributed by atoms with Gasteiger partial charge >= 0.3 is 6.36 Å². The molecule has 0 radical (unpaired) electrons. The molecule has 0 bridgehead atoms. The Morgan fingerprint density at radius 3 is 2.57 bits per heavy atom. The lowest BCUT2D eigenvalue weighted by Crippen LogP contribution is -2.25. The SMILES string of the molecule is I.NC(=NCC1CCCCS1)Nc1ccc(OC(F)(F)F)cc1. The van der Waals surface area contributed by atoms with E-state index in [-0.39, 0.29) is 35.7 Å². The number of anilines is 1. The molecule has 1 atom stereocenters. The molecular formula is C14H19F3IN3OS. The second-order valence-corrected chi connectivity index (χ2v) is 6.32. The molecule has 1 fully saturated rings. The zero-order chi connectivity index (χ0) is 16.0. The average molecular weight is 461 g/mol. The summed E-state index contributed by atoms with van der Waals surface area (Å²) in [6.45, 7) is 0.652. The summed E-state index contributed by atoms with van der Waals surface area (Å²) in [7, 11) is 0. The number of nitrogens with zero attached hydrogens (tertiary/aromatic N) is 1. The molecular weight excluding hydrogens is 442 g/mol. The van der Waals surface area contributed by atoms with Crippen molar-refractivity contribution in [2.45, 2.75) is 30.9 Å². The molecule has 0 spiro atoms. The van der Waals surface area contributed by atoms with Gasteiger partial charge in [0.1, 0.15) is 5.75 Å². The van der Waals surface area contributed by atoms with E-state index in [9.17, 15) is 13.2 Å². The number of nitrogens with one attached hydrogen (secondary N) is 1. The highest BCUT2D eigenvalue weighted by Gasteiger charge is 2.30. The first-order valence-corrected chi connectivity index (χ1v) is 8.01. The maximum absolute atomic E-state index is 12.1. The van der Waals surface area contributed by atoms with Crippen LogP contribution in [-0.4, -0.2) is 29.9 Å². The number of benzene rings is 1. The lowest BCUT2D eigenvalue weighted by atomic mass is 10.2. The molecule has 9 heteroatoms. The van der Waals surface area contributed by atoms with Gasteiger partial charge in [-0.1, -0.05) is 6.42 Å². The Morgan fingerprint density at radius 1 is 1.30 bits per heavy atom. The van der Waals surface area contributed by atoms with E-state index >= 15 is 0 Å². The Hall–Kier alpha value is -0.840. The Morgan fingerprint density at radius 2 is 2.00 bits per heavy atom. The molecule has 0 saturated carbocycles. The smallest absolute Gasteiger partial charge is 0.406 e. The highest BCUT2D eigenvalue weighted by Crippen LogP contribution is 2.25. The number of nitrogens with two attached hydrogens (primary N) is 1. The van der Waals surface area contributed by atoms with Crippen LogP contribution in [0.1, 0.15) is 19.3 Å². The molecule has 1 saturated heterocycles. The van der Waals surface area contributed by atoms with Crippen molar-refractivity contribution >= 4 is 47.4 Å². The normalized spacial score (nSPS) is 18.9. The quantitative estimate of drug-likeness (QED) is 0.401. The van der Waals surface area contributed by atoms with E-state index in [0.717, 1.165) is 12.2 Å². The van der Waals surface area contributed by atoms with Crippen LogP contribution in [-0.2, 0) is 0 Å². The lowest BCUT2D eigenvalue weighted by molar-refractivity contribution is -0.274. The summed E-state index contributed by atoms with van der Waals surface area (Å²) >= 11 is 1.91. The van der Waals surface area contributed by atoms with Gasteiger partial charge in [0.15, 0.2) is 5.96 Å². The molecule has 0 aromatic heterocycles. The predicted molar refractivity (Wildman–Crippen MR) is 98.7 cm³/mol. The van der Waals surface area contributed by atoms with E-state index in [2.05, 4.69) is 15.0 Å². The summed E-state index contributed by atoms with van der Waals surface area (Å²) < 4.78 is 39.9. The van der Waals surface area contributed by atoms with Gasteiger partial charge in [0, 0.05) is 10.9 Å². The van der Waals surface area contributed by atoms with Crippen LogP contribution in [0.15, 0.2) is 29.3 Å². The van der Waals surface area contributed by atoms with Gasteiger partial charge in [-0.15, -0.1) is 37.1 Å². The summed E-state index contributed by atoms with van der Waals surface area (Å²) in [5.41, 5.74) is 6.34. The van der Waals surface area contributed by atoms with Crippen LogP contribution in [0.4, 0.5) is 18.9 Å². The molecule has 1 aromatic rings. The number of hydrogen-bond acceptors (Lipinski definition) is 3. The van der Waals surface area contributed by atoms with Crippen LogP contribution < -0.4 is 15.8 Å². The number of rotatable bonds is 4. The maximum atomic E-state index is 12.1. The molecule has 3 N–H and O–H groups in total. The molecule has 23 heavy (non-hydrogen) atoms. The van der Waals surface area contributed by atoms with E-state index in [1.54, 1.807) is 0 Å². The number of ether oxygens (including phenoxy) is 1. The minimum Gasteiger partial charge on any atom is -0.406 e. The van der Waals surface area contributed by atoms with Crippen molar-refractivity contribution in [3.63, 3.8) is 0 Å². The molecule has 1 aliphatic rings. The standard InChI is InChI=1S/C14H18F3N3OS.HI/c15-14(16,17)21-11-6-4-10(5-7-11)20-13(18)19-9-12-3-1-2-8-22-12;/h4-7,12H,1-3,8-9H2,(H3,18,19,20);1H. The Kier molecular flexibility index (Phi) is 8.31. The van der Waals surface area contributed by atoms with Gasteiger partial charge in [0.2, 0.25) is 0 Å². The third-order valence-corrected chi connectivity index (χ3v) is 4.48. The molecule has 1 aromatic carbocycles. The Labute approximate surface area is 154 Å². The number of guanidine groups is 1. The van der Waals surface area contributed by atoms with E-state index in [4.69, 9.17) is 5.73 Å². The van der Waals surface area contributed by atoms with Crippen LogP contribution >= 0.6 is 35.7 Å². The van der Waals surface area contributed by atoms with Gasteiger partial charge in [-0.2, -0.15) is 11.8 Å². The largest absolute Gasteiger partial charge is 0.573 e. The van der Waals surface area contributed by atoms with Crippen molar-refractivity contribution in [2.75, 3.05) is 17.6 Å². The Bertz CT molecular complexity index is 505. The third kappa shape index (κ3) is 8.00. The van der Waals surface area contributed by atoms with Crippen LogP contribution in [0.5, 0.6) is 5.75 Å². The predicted octanol–water partition coefficient (Wildman–Crippen LogP) is 4.22. The number of thioether (sulfide) groups is 1. The van der Waals surface area contributed by atoms with Gasteiger partial charge in [-0.3, -0.25) is 4.99 Å². The molecule has 0 amide bonds. The summed E-state index contributed by atoms with van der Waals surface area (Å²) in [6.07, 6.45) is -1.07. The summed E-state index contributed by atoms with van der Waals surface area (Å²) in [5, 5.41) is 3.35. The molecule has 1 unspecified atom stereocenters. The fraction of sp³-hybridized carbons (Fsp3) is 0.500. The minimum absolute atomic E-state index is 0. The second-order valence-electron chi connectivity index (χ2n) is 4.91. The molecule has 4 nitrogen and oxygen atoms in total. The van der Waals surface area contributed by atoms with Crippen LogP contribution in [0.2, 0.25) is 0 Å². The first-order chi connectivity index (χ1) is 10.4. The molecule has 0 aliphatic carbocycles. The fourth-order valence-corrected chi connectivity index (χ4v) is 3.30. The fourth-order valence-electron chi connectivity index (χ4n) is 2.08.